The lowest BCUT2D eigenvalue weighted by Gasteiger charge is -2.00. The second kappa shape index (κ2) is 6.32. The van der Waals surface area contributed by atoms with Crippen LogP contribution in [0.3, 0.4) is 0 Å². The molecule has 0 aliphatic carbocycles. The van der Waals surface area contributed by atoms with E-state index in [1.165, 1.54) is 0 Å². The monoisotopic (exact) mass is 200 g/mol. The second-order valence-electron chi connectivity index (χ2n) is 1.87. The maximum Gasteiger partial charge on any atom is 0.424 e. The van der Waals surface area contributed by atoms with Gasteiger partial charge in [-0.05, 0) is 13.3 Å². The highest BCUT2D eigenvalue weighted by atomic mass is 32.3. The first kappa shape index (κ1) is 11.8. The molecule has 7 heteroatoms. The third-order valence-electron chi connectivity index (χ3n) is 0.855. The van der Waals surface area contributed by atoms with Crippen LogP contribution in [0.25, 0.3) is 0 Å². The van der Waals surface area contributed by atoms with Gasteiger partial charge in [0.2, 0.25) is 0 Å². The molecule has 0 fully saturated rings. The van der Waals surface area contributed by atoms with Gasteiger partial charge in [0.05, 0.1) is 6.61 Å². The van der Waals surface area contributed by atoms with Gasteiger partial charge in [-0.1, -0.05) is 4.33 Å². The van der Waals surface area contributed by atoms with E-state index in [0.29, 0.717) is 19.6 Å². The Labute approximate surface area is 71.3 Å². The van der Waals surface area contributed by atoms with Crippen LogP contribution in [0.2, 0.25) is 0 Å². The Morgan fingerprint density at radius 1 is 1.33 bits per heavy atom. The normalized spacial score (nSPS) is 11.8. The number of hydrogen-bond donors (Lipinski definition) is 1. The largest absolute Gasteiger partial charge is 0.424 e. The molecule has 0 aromatic carbocycles. The van der Waals surface area contributed by atoms with E-state index in [2.05, 4.69) is 9.22 Å². The van der Waals surface area contributed by atoms with Crippen LogP contribution in [-0.2, 0) is 24.4 Å². The average molecular weight is 200 g/mol. The molecular formula is C5H12O6S. The molecule has 0 bridgehead atoms. The van der Waals surface area contributed by atoms with Crippen molar-refractivity contribution in [2.24, 2.45) is 0 Å². The topological polar surface area (TPSA) is 82.1 Å². The molecule has 0 aliphatic heterocycles. The fourth-order valence-corrected chi connectivity index (χ4v) is 0.649. The van der Waals surface area contributed by atoms with Gasteiger partial charge < -0.3 is 4.74 Å². The molecule has 6 nitrogen and oxygen atoms in total. The van der Waals surface area contributed by atoms with Crippen molar-refractivity contribution in [3.05, 3.63) is 0 Å². The minimum Gasteiger partial charge on any atom is -0.382 e. The fraction of sp³-hybridized carbons (Fsp3) is 1.00. The van der Waals surface area contributed by atoms with Gasteiger partial charge in [-0.25, -0.2) is 4.89 Å². The Kier molecular flexibility index (Phi) is 6.21. The van der Waals surface area contributed by atoms with Crippen molar-refractivity contribution in [1.82, 2.24) is 0 Å². The zero-order valence-electron chi connectivity index (χ0n) is 6.73. The van der Waals surface area contributed by atoms with Crippen LogP contribution in [0.4, 0.5) is 0 Å². The average Bonchev–Trinajstić information content (AvgIpc) is 1.94. The summed E-state index contributed by atoms with van der Waals surface area (Å²) in [4.78, 5) is 4.13. The Morgan fingerprint density at radius 2 is 2.00 bits per heavy atom. The lowest BCUT2D eigenvalue weighted by molar-refractivity contribution is -0.210. The smallest absolute Gasteiger partial charge is 0.382 e. The van der Waals surface area contributed by atoms with Crippen LogP contribution < -0.4 is 0 Å². The Morgan fingerprint density at radius 3 is 2.50 bits per heavy atom. The van der Waals surface area contributed by atoms with Gasteiger partial charge >= 0.3 is 10.4 Å². The Bertz CT molecular complexity index is 186. The van der Waals surface area contributed by atoms with E-state index < -0.39 is 10.4 Å². The van der Waals surface area contributed by atoms with E-state index in [4.69, 9.17) is 9.29 Å². The number of ether oxygens (including phenoxy) is 1. The summed E-state index contributed by atoms with van der Waals surface area (Å²) >= 11 is 0. The molecule has 0 saturated heterocycles. The first-order valence-corrected chi connectivity index (χ1v) is 4.79. The molecular weight excluding hydrogens is 188 g/mol. The summed E-state index contributed by atoms with van der Waals surface area (Å²) in [6.45, 7) is 2.96. The van der Waals surface area contributed by atoms with Gasteiger partial charge in [0.25, 0.3) is 0 Å². The molecule has 0 aromatic rings. The lowest BCUT2D eigenvalue weighted by Crippen LogP contribution is -2.07. The standard InChI is InChI=1S/C5H12O6S/c1-2-9-4-3-5-10-11-12(6,7)8/h2-5H2,1H3,(H,6,7,8). The first-order valence-electron chi connectivity index (χ1n) is 3.42. The first-order chi connectivity index (χ1) is 5.56. The van der Waals surface area contributed by atoms with E-state index in [-0.39, 0.29) is 6.61 Å². The number of hydrogen-bond acceptors (Lipinski definition) is 5. The van der Waals surface area contributed by atoms with Crippen LogP contribution in [0.15, 0.2) is 0 Å². The van der Waals surface area contributed by atoms with Crippen molar-refractivity contribution in [3.63, 3.8) is 0 Å². The maximum atomic E-state index is 9.90. The Balaban J connectivity index is 3.12. The quantitative estimate of drug-likeness (QED) is 0.273. The van der Waals surface area contributed by atoms with Gasteiger partial charge in [-0.2, -0.15) is 8.42 Å². The predicted molar refractivity (Wildman–Crippen MR) is 39.7 cm³/mol. The molecule has 0 heterocycles. The van der Waals surface area contributed by atoms with Crippen molar-refractivity contribution in [2.45, 2.75) is 13.3 Å². The van der Waals surface area contributed by atoms with E-state index in [9.17, 15) is 8.42 Å². The molecule has 0 rings (SSSR count). The van der Waals surface area contributed by atoms with Crippen molar-refractivity contribution in [2.75, 3.05) is 19.8 Å². The van der Waals surface area contributed by atoms with E-state index in [1.807, 2.05) is 6.92 Å². The van der Waals surface area contributed by atoms with Crippen molar-refractivity contribution in [1.29, 1.82) is 0 Å². The van der Waals surface area contributed by atoms with Crippen molar-refractivity contribution >= 4 is 10.4 Å². The molecule has 0 unspecified atom stereocenters. The number of rotatable bonds is 7. The van der Waals surface area contributed by atoms with Crippen LogP contribution in [0.5, 0.6) is 0 Å². The van der Waals surface area contributed by atoms with Crippen LogP contribution in [0, 0.1) is 0 Å². The summed E-state index contributed by atoms with van der Waals surface area (Å²) in [5, 5.41) is 0. The van der Waals surface area contributed by atoms with Gasteiger partial charge in [0, 0.05) is 13.2 Å². The molecule has 0 radical (unpaired) electrons. The SMILES string of the molecule is CCOCCCOOS(=O)(=O)O. The molecule has 0 aliphatic rings. The van der Waals surface area contributed by atoms with Gasteiger partial charge in [0.15, 0.2) is 0 Å². The summed E-state index contributed by atoms with van der Waals surface area (Å²) in [6.07, 6.45) is 0.503. The highest BCUT2D eigenvalue weighted by molar-refractivity contribution is 7.80. The van der Waals surface area contributed by atoms with E-state index >= 15 is 0 Å². The highest BCUT2D eigenvalue weighted by Crippen LogP contribution is 1.90. The van der Waals surface area contributed by atoms with Gasteiger partial charge in [0.1, 0.15) is 0 Å². The second-order valence-corrected chi connectivity index (χ2v) is 2.86. The van der Waals surface area contributed by atoms with E-state index in [1.54, 1.807) is 0 Å². The molecule has 12 heavy (non-hydrogen) atoms. The summed E-state index contributed by atoms with van der Waals surface area (Å²) in [6, 6.07) is 0. The highest BCUT2D eigenvalue weighted by Gasteiger charge is 2.03. The molecule has 74 valence electrons. The molecule has 0 saturated carbocycles. The van der Waals surface area contributed by atoms with Gasteiger partial charge in [-0.15, -0.1) is 0 Å². The minimum absolute atomic E-state index is 0.0553. The predicted octanol–water partition coefficient (Wildman–Crippen LogP) is 0.164. The van der Waals surface area contributed by atoms with E-state index in [0.717, 1.165) is 0 Å². The van der Waals surface area contributed by atoms with Gasteiger partial charge in [-0.3, -0.25) is 4.55 Å². The third kappa shape index (κ3) is 9.79. The van der Waals surface area contributed by atoms with Crippen LogP contribution in [0.1, 0.15) is 13.3 Å². The summed E-state index contributed by atoms with van der Waals surface area (Å²) in [5.74, 6) is 0. The summed E-state index contributed by atoms with van der Waals surface area (Å²) in [5.41, 5.74) is 0. The summed E-state index contributed by atoms with van der Waals surface area (Å²) < 4.78 is 36.3. The molecule has 0 atom stereocenters. The van der Waals surface area contributed by atoms with Crippen LogP contribution in [-0.4, -0.2) is 32.8 Å². The molecule has 0 spiro atoms. The molecule has 0 amide bonds. The zero-order chi connectivity index (χ0) is 9.45. The van der Waals surface area contributed by atoms with Crippen LogP contribution >= 0.6 is 0 Å². The maximum absolute atomic E-state index is 9.90. The molecule has 0 aromatic heterocycles. The van der Waals surface area contributed by atoms with Crippen molar-refractivity contribution in [3.8, 4) is 0 Å². The Hall–Kier alpha value is -0.210. The summed E-state index contributed by atoms with van der Waals surface area (Å²) in [7, 11) is -4.48. The van der Waals surface area contributed by atoms with Crippen molar-refractivity contribution < 1.29 is 26.9 Å². The fourth-order valence-electron chi connectivity index (χ4n) is 0.459. The molecule has 1 N–H and O–H groups in total. The zero-order valence-corrected chi connectivity index (χ0v) is 7.54. The third-order valence-corrected chi connectivity index (χ3v) is 1.12. The lowest BCUT2D eigenvalue weighted by atomic mass is 10.5. The minimum atomic E-state index is -4.48.